The highest BCUT2D eigenvalue weighted by molar-refractivity contribution is 7.99. The second kappa shape index (κ2) is 11.7. The highest BCUT2D eigenvalue weighted by Gasteiger charge is 2.28. The molecule has 0 saturated carbocycles. The lowest BCUT2D eigenvalue weighted by Gasteiger charge is -2.31. The maximum Gasteiger partial charge on any atom is 0.243 e. The third-order valence-corrected chi connectivity index (χ3v) is 9.04. The molecule has 2 aliphatic rings. The number of hydrogen-bond donors (Lipinski definition) is 1. The van der Waals surface area contributed by atoms with Crippen LogP contribution in [0.1, 0.15) is 6.42 Å². The maximum atomic E-state index is 13.2. The molecule has 2 aromatic carbocycles. The largest absolute Gasteiger partial charge is 0.379 e. The van der Waals surface area contributed by atoms with E-state index >= 15 is 0 Å². The minimum absolute atomic E-state index is 0.159. The third kappa shape index (κ3) is 6.24. The van der Waals surface area contributed by atoms with E-state index in [1.165, 1.54) is 16.1 Å². The van der Waals surface area contributed by atoms with Gasteiger partial charge in [0.15, 0.2) is 0 Å². The standard InChI is InChI=1S/C23H28ClN3O5S2/c24-19-3-1-2-4-22(19)33-16-7-23(28)25-20-17-18(34(29,30)27-10-14-32-15-11-27)5-6-21(20)26-8-12-31-13-9-26/h1-6,17H,7-16H2,(H,25,28). The van der Waals surface area contributed by atoms with Gasteiger partial charge in [-0.1, -0.05) is 23.7 Å². The second-order valence-electron chi connectivity index (χ2n) is 7.87. The summed E-state index contributed by atoms with van der Waals surface area (Å²) in [5.74, 6) is 0.365. The van der Waals surface area contributed by atoms with Crippen molar-refractivity contribution < 1.29 is 22.7 Å². The summed E-state index contributed by atoms with van der Waals surface area (Å²) < 4.78 is 38.5. The zero-order valence-electron chi connectivity index (χ0n) is 18.7. The number of morpholine rings is 2. The van der Waals surface area contributed by atoms with Gasteiger partial charge in [-0.2, -0.15) is 4.31 Å². The van der Waals surface area contributed by atoms with Crippen LogP contribution >= 0.6 is 23.4 Å². The zero-order valence-corrected chi connectivity index (χ0v) is 21.1. The molecule has 8 nitrogen and oxygen atoms in total. The number of ether oxygens (including phenoxy) is 2. The van der Waals surface area contributed by atoms with Crippen molar-refractivity contribution in [3.8, 4) is 0 Å². The summed E-state index contributed by atoms with van der Waals surface area (Å²) in [6.07, 6.45) is 0.263. The fourth-order valence-corrected chi connectivity index (χ4v) is 6.44. The van der Waals surface area contributed by atoms with E-state index in [0.29, 0.717) is 69.1 Å². The Balaban J connectivity index is 1.51. The van der Waals surface area contributed by atoms with Crippen molar-refractivity contribution in [2.45, 2.75) is 16.2 Å². The van der Waals surface area contributed by atoms with Crippen LogP contribution in [0.25, 0.3) is 0 Å². The molecule has 11 heteroatoms. The lowest BCUT2D eigenvalue weighted by molar-refractivity contribution is -0.115. The molecule has 4 rings (SSSR count). The van der Waals surface area contributed by atoms with Crippen LogP contribution in [-0.4, -0.2) is 77.0 Å². The SMILES string of the molecule is O=C(CCSc1ccccc1Cl)Nc1cc(S(=O)(=O)N2CCOCC2)ccc1N1CCOCC1. The average molecular weight is 526 g/mol. The summed E-state index contributed by atoms with van der Waals surface area (Å²) in [4.78, 5) is 16.0. The van der Waals surface area contributed by atoms with Crippen molar-refractivity contribution in [2.75, 3.05) is 68.6 Å². The van der Waals surface area contributed by atoms with Crippen LogP contribution in [0.15, 0.2) is 52.3 Å². The van der Waals surface area contributed by atoms with Crippen molar-refractivity contribution >= 4 is 50.7 Å². The Hall–Kier alpha value is -1.82. The molecular weight excluding hydrogens is 498 g/mol. The van der Waals surface area contributed by atoms with Crippen molar-refractivity contribution in [2.24, 2.45) is 0 Å². The lowest BCUT2D eigenvalue weighted by atomic mass is 10.2. The van der Waals surface area contributed by atoms with Crippen molar-refractivity contribution in [1.29, 1.82) is 0 Å². The predicted octanol–water partition coefficient (Wildman–Crippen LogP) is 3.32. The molecule has 184 valence electrons. The van der Waals surface area contributed by atoms with Gasteiger partial charge in [-0.25, -0.2) is 8.42 Å². The summed E-state index contributed by atoms with van der Waals surface area (Å²) in [6, 6.07) is 12.5. The number of rotatable bonds is 8. The van der Waals surface area contributed by atoms with Crippen LogP contribution in [0.4, 0.5) is 11.4 Å². The molecular formula is C23H28ClN3O5S2. The van der Waals surface area contributed by atoms with E-state index in [-0.39, 0.29) is 17.2 Å². The van der Waals surface area contributed by atoms with E-state index < -0.39 is 10.0 Å². The first-order chi connectivity index (χ1) is 16.4. The van der Waals surface area contributed by atoms with Gasteiger partial charge in [0, 0.05) is 43.2 Å². The number of carbonyl (C=O) groups excluding carboxylic acids is 1. The molecule has 2 heterocycles. The third-order valence-electron chi connectivity index (χ3n) is 5.63. The monoisotopic (exact) mass is 525 g/mol. The Morgan fingerprint density at radius 3 is 2.38 bits per heavy atom. The molecule has 2 aliphatic heterocycles. The first kappa shape index (κ1) is 25.3. The molecule has 0 atom stereocenters. The highest BCUT2D eigenvalue weighted by atomic mass is 35.5. The van der Waals surface area contributed by atoms with Crippen molar-refractivity contribution in [3.63, 3.8) is 0 Å². The summed E-state index contributed by atoms with van der Waals surface area (Å²) >= 11 is 7.70. The molecule has 34 heavy (non-hydrogen) atoms. The van der Waals surface area contributed by atoms with E-state index in [1.54, 1.807) is 18.2 Å². The molecule has 0 aliphatic carbocycles. The van der Waals surface area contributed by atoms with Crippen molar-refractivity contribution in [3.05, 3.63) is 47.5 Å². The minimum atomic E-state index is -3.69. The van der Waals surface area contributed by atoms with E-state index in [2.05, 4.69) is 10.2 Å². The molecule has 2 saturated heterocycles. The molecule has 1 amide bonds. The van der Waals surface area contributed by atoms with Gasteiger partial charge in [0.25, 0.3) is 0 Å². The summed E-state index contributed by atoms with van der Waals surface area (Å²) in [5.41, 5.74) is 1.28. The van der Waals surface area contributed by atoms with Crippen LogP contribution in [0.3, 0.4) is 0 Å². The highest BCUT2D eigenvalue weighted by Crippen LogP contribution is 2.32. The van der Waals surface area contributed by atoms with Crippen LogP contribution < -0.4 is 10.2 Å². The zero-order chi connectivity index (χ0) is 24.0. The van der Waals surface area contributed by atoms with Gasteiger partial charge in [0.1, 0.15) is 0 Å². The van der Waals surface area contributed by atoms with E-state index in [0.717, 1.165) is 10.6 Å². The van der Waals surface area contributed by atoms with Gasteiger partial charge >= 0.3 is 0 Å². The Morgan fingerprint density at radius 2 is 1.68 bits per heavy atom. The first-order valence-electron chi connectivity index (χ1n) is 11.2. The number of nitrogens with one attached hydrogen (secondary N) is 1. The normalized spacial score (nSPS) is 17.5. The van der Waals surface area contributed by atoms with Gasteiger partial charge in [0.2, 0.25) is 15.9 Å². The van der Waals surface area contributed by atoms with Gasteiger partial charge in [0.05, 0.1) is 47.7 Å². The molecule has 2 fully saturated rings. The van der Waals surface area contributed by atoms with Crippen LogP contribution in [0.5, 0.6) is 0 Å². The quantitative estimate of drug-likeness (QED) is 0.529. The van der Waals surface area contributed by atoms with Crippen LogP contribution in [0.2, 0.25) is 5.02 Å². The second-order valence-corrected chi connectivity index (χ2v) is 11.4. The van der Waals surface area contributed by atoms with Crippen molar-refractivity contribution in [1.82, 2.24) is 4.31 Å². The average Bonchev–Trinajstić information content (AvgIpc) is 2.86. The minimum Gasteiger partial charge on any atom is -0.379 e. The molecule has 1 N–H and O–H groups in total. The molecule has 0 radical (unpaired) electrons. The molecule has 0 unspecified atom stereocenters. The number of sulfonamides is 1. The topological polar surface area (TPSA) is 88.2 Å². The smallest absolute Gasteiger partial charge is 0.243 e. The van der Waals surface area contributed by atoms with Gasteiger partial charge in [-0.15, -0.1) is 11.8 Å². The van der Waals surface area contributed by atoms with Crippen LogP contribution in [-0.2, 0) is 24.3 Å². The number of amides is 1. The van der Waals surface area contributed by atoms with Crippen LogP contribution in [0, 0.1) is 0 Å². The Bertz CT molecular complexity index is 1100. The number of anilines is 2. The molecule has 0 spiro atoms. The molecule has 2 aromatic rings. The number of thioether (sulfide) groups is 1. The number of nitrogens with zero attached hydrogens (tertiary/aromatic N) is 2. The Morgan fingerprint density at radius 1 is 1.00 bits per heavy atom. The predicted molar refractivity (Wildman–Crippen MR) is 134 cm³/mol. The van der Waals surface area contributed by atoms with E-state index in [1.807, 2.05) is 24.3 Å². The van der Waals surface area contributed by atoms with E-state index in [9.17, 15) is 13.2 Å². The summed E-state index contributed by atoms with van der Waals surface area (Å²) in [7, 11) is -3.69. The number of benzene rings is 2. The fraction of sp³-hybridized carbons (Fsp3) is 0.435. The van der Waals surface area contributed by atoms with E-state index in [4.69, 9.17) is 21.1 Å². The first-order valence-corrected chi connectivity index (χ1v) is 14.0. The Kier molecular flexibility index (Phi) is 8.73. The molecule has 0 bridgehead atoms. The number of carbonyl (C=O) groups is 1. The van der Waals surface area contributed by atoms with Gasteiger partial charge in [-0.05, 0) is 30.3 Å². The molecule has 0 aromatic heterocycles. The number of hydrogen-bond acceptors (Lipinski definition) is 7. The summed E-state index contributed by atoms with van der Waals surface area (Å²) in [5, 5.41) is 3.60. The maximum absolute atomic E-state index is 13.2. The number of halogens is 1. The Labute approximate surface area is 209 Å². The van der Waals surface area contributed by atoms with Gasteiger partial charge < -0.3 is 19.7 Å². The summed E-state index contributed by atoms with van der Waals surface area (Å²) in [6.45, 7) is 3.87. The fourth-order valence-electron chi connectivity index (χ4n) is 3.82. The van der Waals surface area contributed by atoms with Gasteiger partial charge in [-0.3, -0.25) is 4.79 Å². The lowest BCUT2D eigenvalue weighted by Crippen LogP contribution is -2.40.